The molecule has 0 radical (unpaired) electrons. The average molecular weight is 394 g/mol. The van der Waals surface area contributed by atoms with E-state index in [0.717, 1.165) is 16.9 Å². The van der Waals surface area contributed by atoms with Gasteiger partial charge in [-0.05, 0) is 42.8 Å². The van der Waals surface area contributed by atoms with Crippen LogP contribution in [0.1, 0.15) is 35.9 Å². The number of amides is 1. The summed E-state index contributed by atoms with van der Waals surface area (Å²) in [4.78, 5) is 12.6. The van der Waals surface area contributed by atoms with Gasteiger partial charge < -0.3 is 19.2 Å². The third-order valence-corrected chi connectivity index (χ3v) is 4.71. The molecule has 152 valence electrons. The van der Waals surface area contributed by atoms with Crippen molar-refractivity contribution in [2.45, 2.75) is 19.0 Å². The van der Waals surface area contributed by atoms with E-state index >= 15 is 0 Å². The highest BCUT2D eigenvalue weighted by atomic mass is 16.5. The molecule has 1 aromatic heterocycles. The van der Waals surface area contributed by atoms with E-state index in [1.54, 1.807) is 20.5 Å². The van der Waals surface area contributed by atoms with Crippen molar-refractivity contribution in [1.29, 1.82) is 0 Å². The fraction of sp³-hybridized carbons (Fsp3) is 0.261. The molecule has 2 atom stereocenters. The first-order valence-electron chi connectivity index (χ1n) is 9.45. The molecule has 3 aromatic rings. The summed E-state index contributed by atoms with van der Waals surface area (Å²) >= 11 is 0. The summed E-state index contributed by atoms with van der Waals surface area (Å²) in [5, 5.41) is 6.29. The fourth-order valence-corrected chi connectivity index (χ4v) is 3.23. The molecule has 0 fully saturated rings. The molecule has 0 aliphatic rings. The number of ether oxygens (including phenoxy) is 2. The molecule has 6 nitrogen and oxygen atoms in total. The fourth-order valence-electron chi connectivity index (χ4n) is 3.23. The molecule has 29 heavy (non-hydrogen) atoms. The third kappa shape index (κ3) is 5.18. The maximum Gasteiger partial charge on any atom is 0.234 e. The average Bonchev–Trinajstić information content (AvgIpc) is 3.28. The van der Waals surface area contributed by atoms with Crippen LogP contribution in [0.25, 0.3) is 0 Å². The van der Waals surface area contributed by atoms with E-state index in [4.69, 9.17) is 13.9 Å². The summed E-state index contributed by atoms with van der Waals surface area (Å²) in [6.45, 7) is 2.05. The quantitative estimate of drug-likeness (QED) is 0.577. The Balaban J connectivity index is 1.67. The van der Waals surface area contributed by atoms with Gasteiger partial charge in [0, 0.05) is 5.56 Å². The maximum atomic E-state index is 12.6. The summed E-state index contributed by atoms with van der Waals surface area (Å²) in [6, 6.07) is 18.7. The van der Waals surface area contributed by atoms with Crippen LogP contribution in [0.5, 0.6) is 11.5 Å². The Bertz CT molecular complexity index is 910. The number of benzene rings is 2. The Morgan fingerprint density at radius 2 is 1.83 bits per heavy atom. The van der Waals surface area contributed by atoms with Crippen molar-refractivity contribution in [1.82, 2.24) is 10.6 Å². The minimum absolute atomic E-state index is 0.130. The van der Waals surface area contributed by atoms with Crippen molar-refractivity contribution >= 4 is 5.91 Å². The lowest BCUT2D eigenvalue weighted by molar-refractivity contribution is -0.121. The van der Waals surface area contributed by atoms with Gasteiger partial charge >= 0.3 is 0 Å². The zero-order valence-corrected chi connectivity index (χ0v) is 16.8. The Kier molecular flexibility index (Phi) is 6.92. The van der Waals surface area contributed by atoms with Crippen molar-refractivity contribution in [2.24, 2.45) is 0 Å². The van der Waals surface area contributed by atoms with Crippen LogP contribution in [-0.2, 0) is 4.79 Å². The van der Waals surface area contributed by atoms with E-state index < -0.39 is 0 Å². The van der Waals surface area contributed by atoms with E-state index in [1.165, 1.54) is 0 Å². The highest BCUT2D eigenvalue weighted by Gasteiger charge is 2.19. The highest BCUT2D eigenvalue weighted by molar-refractivity contribution is 5.78. The molecule has 3 rings (SSSR count). The molecular formula is C23H26N2O4. The summed E-state index contributed by atoms with van der Waals surface area (Å²) in [5.74, 6) is 2.03. The van der Waals surface area contributed by atoms with Gasteiger partial charge in [0.25, 0.3) is 0 Å². The topological polar surface area (TPSA) is 72.7 Å². The number of nitrogens with one attached hydrogen (secondary N) is 2. The maximum absolute atomic E-state index is 12.6. The number of rotatable bonds is 9. The largest absolute Gasteiger partial charge is 0.497 e. The van der Waals surface area contributed by atoms with Gasteiger partial charge in [-0.25, -0.2) is 0 Å². The first-order chi connectivity index (χ1) is 14.1. The molecule has 0 aliphatic heterocycles. The second-order valence-corrected chi connectivity index (χ2v) is 6.64. The zero-order valence-electron chi connectivity index (χ0n) is 16.8. The normalized spacial score (nSPS) is 12.8. The number of hydrogen-bond donors (Lipinski definition) is 2. The minimum Gasteiger partial charge on any atom is -0.497 e. The van der Waals surface area contributed by atoms with E-state index in [9.17, 15) is 4.79 Å². The van der Waals surface area contributed by atoms with E-state index in [2.05, 4.69) is 10.6 Å². The molecule has 1 amide bonds. The van der Waals surface area contributed by atoms with Gasteiger partial charge in [-0.1, -0.05) is 30.3 Å². The lowest BCUT2D eigenvalue weighted by Gasteiger charge is -2.20. The molecule has 6 heteroatoms. The van der Waals surface area contributed by atoms with Gasteiger partial charge in [-0.3, -0.25) is 10.1 Å². The van der Waals surface area contributed by atoms with Crippen LogP contribution >= 0.6 is 0 Å². The van der Waals surface area contributed by atoms with Crippen LogP contribution < -0.4 is 20.1 Å². The second-order valence-electron chi connectivity index (χ2n) is 6.64. The van der Waals surface area contributed by atoms with Crippen molar-refractivity contribution < 1.29 is 18.7 Å². The summed E-state index contributed by atoms with van der Waals surface area (Å²) in [6.07, 6.45) is 1.63. The van der Waals surface area contributed by atoms with Crippen LogP contribution in [0, 0.1) is 0 Å². The zero-order chi connectivity index (χ0) is 20.6. The molecule has 2 N–H and O–H groups in total. The molecule has 0 spiro atoms. The predicted molar refractivity (Wildman–Crippen MR) is 111 cm³/mol. The molecular weight excluding hydrogens is 368 g/mol. The number of hydrogen-bond acceptors (Lipinski definition) is 5. The molecule has 0 saturated heterocycles. The lowest BCUT2D eigenvalue weighted by atomic mass is 10.0. The van der Waals surface area contributed by atoms with Gasteiger partial charge in [0.2, 0.25) is 5.91 Å². The van der Waals surface area contributed by atoms with Crippen molar-refractivity contribution in [3.8, 4) is 11.5 Å². The SMILES string of the molecule is COc1ccc(OC)c([C@@H](C)NC(=O)CN[C@H](c2ccccc2)c2ccco2)c1. The van der Waals surface area contributed by atoms with Crippen LogP contribution in [0.15, 0.2) is 71.3 Å². The second kappa shape index (κ2) is 9.80. The Morgan fingerprint density at radius 1 is 1.03 bits per heavy atom. The van der Waals surface area contributed by atoms with Crippen LogP contribution in [0.3, 0.4) is 0 Å². The number of carbonyl (C=O) groups is 1. The number of methoxy groups -OCH3 is 2. The highest BCUT2D eigenvalue weighted by Crippen LogP contribution is 2.29. The Labute approximate surface area is 170 Å². The molecule has 0 unspecified atom stereocenters. The van der Waals surface area contributed by atoms with Gasteiger partial charge in [-0.2, -0.15) is 0 Å². The van der Waals surface area contributed by atoms with Crippen molar-refractivity contribution in [2.75, 3.05) is 20.8 Å². The van der Waals surface area contributed by atoms with E-state index in [0.29, 0.717) is 11.5 Å². The van der Waals surface area contributed by atoms with Gasteiger partial charge in [0.05, 0.1) is 39.1 Å². The molecule has 0 saturated carbocycles. The van der Waals surface area contributed by atoms with Crippen molar-refractivity contribution in [3.63, 3.8) is 0 Å². The smallest absolute Gasteiger partial charge is 0.234 e. The van der Waals surface area contributed by atoms with Gasteiger partial charge in [0.1, 0.15) is 17.3 Å². The molecule has 0 bridgehead atoms. The summed E-state index contributed by atoms with van der Waals surface area (Å²) in [7, 11) is 3.21. The number of carbonyl (C=O) groups excluding carboxylic acids is 1. The third-order valence-electron chi connectivity index (χ3n) is 4.71. The monoisotopic (exact) mass is 394 g/mol. The molecule has 0 aliphatic carbocycles. The number of furan rings is 1. The van der Waals surface area contributed by atoms with Gasteiger partial charge in [0.15, 0.2) is 0 Å². The standard InChI is InChI=1S/C23H26N2O4/c1-16(19-14-18(27-2)11-12-20(19)28-3)25-22(26)15-24-23(21-10-7-13-29-21)17-8-5-4-6-9-17/h4-14,16,23-24H,15H2,1-3H3,(H,25,26)/t16-,23-/m1/s1. The summed E-state index contributed by atoms with van der Waals surface area (Å²) in [5.41, 5.74) is 1.88. The Morgan fingerprint density at radius 3 is 2.48 bits per heavy atom. The van der Waals surface area contributed by atoms with Crippen LogP contribution in [-0.4, -0.2) is 26.7 Å². The summed E-state index contributed by atoms with van der Waals surface area (Å²) < 4.78 is 16.3. The first-order valence-corrected chi connectivity index (χ1v) is 9.45. The van der Waals surface area contributed by atoms with Crippen LogP contribution in [0.4, 0.5) is 0 Å². The lowest BCUT2D eigenvalue weighted by Crippen LogP contribution is -2.37. The van der Waals surface area contributed by atoms with Crippen LogP contribution in [0.2, 0.25) is 0 Å². The van der Waals surface area contributed by atoms with Crippen molar-refractivity contribution in [3.05, 3.63) is 83.8 Å². The van der Waals surface area contributed by atoms with E-state index in [1.807, 2.05) is 67.6 Å². The van der Waals surface area contributed by atoms with E-state index in [-0.39, 0.29) is 24.5 Å². The molecule has 1 heterocycles. The Hall–Kier alpha value is -3.25. The predicted octanol–water partition coefficient (Wildman–Crippen LogP) is 3.85. The van der Waals surface area contributed by atoms with Gasteiger partial charge in [-0.15, -0.1) is 0 Å². The molecule has 2 aromatic carbocycles. The first kappa shape index (κ1) is 20.5. The minimum atomic E-state index is -0.242.